The molecule has 58 heavy (non-hydrogen) atoms. The van der Waals surface area contributed by atoms with E-state index in [-0.39, 0.29) is 35.9 Å². The molecule has 1 aromatic carbocycles. The Hall–Kier alpha value is -4.12. The molecule has 2 aromatic rings. The second-order valence-electron chi connectivity index (χ2n) is 18.5. The number of nitrogens with one attached hydrogen (secondary N) is 1. The Morgan fingerprint density at radius 3 is 2.24 bits per heavy atom. The Labute approximate surface area is 344 Å². The zero-order chi connectivity index (χ0) is 41.1. The van der Waals surface area contributed by atoms with Crippen molar-refractivity contribution in [1.82, 2.24) is 9.88 Å². The maximum Gasteiger partial charge on any atom is 0.241 e. The van der Waals surface area contributed by atoms with Crippen LogP contribution in [0, 0.1) is 40.9 Å². The number of allylic oxidation sites excluding steroid dienone is 2. The van der Waals surface area contributed by atoms with Gasteiger partial charge in [-0.15, -0.1) is 0 Å². The third-order valence-electron chi connectivity index (χ3n) is 11.2. The van der Waals surface area contributed by atoms with Crippen LogP contribution in [0.5, 0.6) is 5.75 Å². The normalized spacial score (nSPS) is 23.3. The summed E-state index contributed by atoms with van der Waals surface area (Å²) in [6, 6.07) is 8.33. The van der Waals surface area contributed by atoms with Crippen molar-refractivity contribution in [3.63, 3.8) is 0 Å². The maximum atomic E-state index is 11.7. The molecule has 0 unspecified atom stereocenters. The van der Waals surface area contributed by atoms with Gasteiger partial charge in [0.15, 0.2) is 12.6 Å². The summed E-state index contributed by atoms with van der Waals surface area (Å²) in [5, 5.41) is 11.9. The van der Waals surface area contributed by atoms with Gasteiger partial charge in [0.2, 0.25) is 5.91 Å². The molecule has 1 amide bonds. The Balaban J connectivity index is 0.000000144. The fourth-order valence-electron chi connectivity index (χ4n) is 6.64. The molecule has 2 saturated heterocycles. The third kappa shape index (κ3) is 11.8. The van der Waals surface area contributed by atoms with Crippen molar-refractivity contribution in [2.45, 2.75) is 105 Å². The zero-order valence-electron chi connectivity index (χ0n) is 35.5. The van der Waals surface area contributed by atoms with Crippen molar-refractivity contribution in [3.8, 4) is 17.6 Å². The van der Waals surface area contributed by atoms with E-state index in [1.807, 2.05) is 6.07 Å². The van der Waals surface area contributed by atoms with Crippen molar-refractivity contribution in [2.24, 2.45) is 38.1 Å². The number of nitrogens with two attached hydrogens (primary N) is 1. The van der Waals surface area contributed by atoms with Crippen LogP contribution in [-0.4, -0.2) is 99.5 Å². The number of rotatable bonds is 10. The molecular weight excluding hydrogens is 733 g/mol. The minimum atomic E-state index is -0.197. The first-order valence-corrected chi connectivity index (χ1v) is 21.0. The largest absolute Gasteiger partial charge is 0.488 e. The number of pyridine rings is 1. The van der Waals surface area contributed by atoms with Crippen LogP contribution in [0.25, 0.3) is 5.57 Å². The summed E-state index contributed by atoms with van der Waals surface area (Å²) in [6.45, 7) is 14.7. The number of aromatic nitrogens is 1. The molecule has 3 saturated carbocycles. The van der Waals surface area contributed by atoms with Gasteiger partial charge in [0.05, 0.1) is 62.4 Å². The molecule has 12 heteroatoms. The second kappa shape index (κ2) is 17.6. The number of ether oxygens (including phenoxy) is 5. The predicted molar refractivity (Wildman–Crippen MR) is 227 cm³/mol. The average Bonchev–Trinajstić information content (AvgIpc) is 4.04. The predicted octanol–water partition coefficient (Wildman–Crippen LogP) is 6.74. The summed E-state index contributed by atoms with van der Waals surface area (Å²) in [4.78, 5) is 17.8. The number of benzene rings is 1. The van der Waals surface area contributed by atoms with Gasteiger partial charge in [-0.2, -0.15) is 10.2 Å². The number of likely N-dealkylation sites (N-methyl/N-ethyl adjacent to an activating group) is 1. The van der Waals surface area contributed by atoms with Crippen molar-refractivity contribution < 1.29 is 28.5 Å². The molecular formula is C46H62N6O6. The van der Waals surface area contributed by atoms with Gasteiger partial charge in [-0.25, -0.2) is 0 Å². The lowest BCUT2D eigenvalue weighted by molar-refractivity contribution is -0.217. The Bertz CT molecular complexity index is 1960. The summed E-state index contributed by atoms with van der Waals surface area (Å²) in [5.74, 6) is 8.07. The highest BCUT2D eigenvalue weighted by Gasteiger charge is 2.46. The molecule has 3 aliphatic heterocycles. The fraction of sp³-hybridized carbons (Fsp3) is 0.609. The minimum absolute atomic E-state index is 0.0276. The number of aryl methyl sites for hydroxylation is 1. The van der Waals surface area contributed by atoms with E-state index in [0.29, 0.717) is 30.4 Å². The summed E-state index contributed by atoms with van der Waals surface area (Å²) in [5.41, 5.74) is 14.5. The van der Waals surface area contributed by atoms with E-state index in [4.69, 9.17) is 29.4 Å². The molecule has 0 radical (unpaired) electrons. The van der Waals surface area contributed by atoms with Gasteiger partial charge in [-0.05, 0) is 68.7 Å². The first-order valence-electron chi connectivity index (χ1n) is 21.0. The van der Waals surface area contributed by atoms with Gasteiger partial charge in [-0.3, -0.25) is 9.78 Å². The average molecular weight is 795 g/mol. The van der Waals surface area contributed by atoms with E-state index >= 15 is 0 Å². The van der Waals surface area contributed by atoms with Crippen LogP contribution in [-0.2, 0) is 23.7 Å². The van der Waals surface area contributed by atoms with E-state index in [1.165, 1.54) is 36.8 Å². The van der Waals surface area contributed by atoms with Gasteiger partial charge in [0.1, 0.15) is 11.4 Å². The number of hydrogen-bond donors (Lipinski definition) is 2. The zero-order valence-corrected chi connectivity index (χ0v) is 35.5. The SMILES string of the molecule is CN(C)C(=O)CNc1cnc(C2=CC2(C)C)c(OC2CC2)c1.Cc1cc(C#CC2CC2)ccc1C1=NN=C(CC2OCC(C)(C)CO2)C1.NCC1OCC2(CC2)CO1. The smallest absolute Gasteiger partial charge is 0.241 e. The van der Waals surface area contributed by atoms with Gasteiger partial charge in [0, 0.05) is 72.8 Å². The van der Waals surface area contributed by atoms with E-state index in [1.54, 1.807) is 25.2 Å². The lowest BCUT2D eigenvalue weighted by Gasteiger charge is -2.34. The molecule has 4 heterocycles. The van der Waals surface area contributed by atoms with Gasteiger partial charge < -0.3 is 39.6 Å². The highest BCUT2D eigenvalue weighted by atomic mass is 16.7. The standard InChI is InChI=1S/C22H26N2O2.C17H23N3O2.C7H13NO2/c1-15-10-17(7-6-16-4-5-16)8-9-19(15)20-11-18(23-24-20)12-21-25-13-22(2,3)14-26-21;1-17(2)8-13(17)16-14(22-12-5-6-12)7-11(9-19-16)18-10-15(21)20(3)4;8-3-6-9-4-7(1-2-7)5-10-6/h8-10,16,21H,4-5,11-14H2,1-3H3;7-9,12,18H,5-6,10H2,1-4H3;6H,1-5,8H2. The van der Waals surface area contributed by atoms with Crippen LogP contribution in [0.3, 0.4) is 0 Å². The van der Waals surface area contributed by atoms with Crippen LogP contribution >= 0.6 is 0 Å². The summed E-state index contributed by atoms with van der Waals surface area (Å²) in [7, 11) is 3.49. The molecule has 3 N–H and O–H groups in total. The second-order valence-corrected chi connectivity index (χ2v) is 18.5. The number of amides is 1. The molecule has 5 fully saturated rings. The summed E-state index contributed by atoms with van der Waals surface area (Å²) >= 11 is 0. The van der Waals surface area contributed by atoms with Gasteiger partial charge in [-0.1, -0.05) is 51.7 Å². The van der Waals surface area contributed by atoms with Crippen molar-refractivity contribution in [3.05, 3.63) is 58.9 Å². The Kier molecular flexibility index (Phi) is 12.8. The van der Waals surface area contributed by atoms with Gasteiger partial charge in [0.25, 0.3) is 0 Å². The lowest BCUT2D eigenvalue weighted by Crippen LogP contribution is -2.38. The Morgan fingerprint density at radius 2 is 1.66 bits per heavy atom. The van der Waals surface area contributed by atoms with E-state index in [2.05, 4.69) is 91.2 Å². The van der Waals surface area contributed by atoms with Crippen LogP contribution < -0.4 is 15.8 Å². The Morgan fingerprint density at radius 1 is 0.966 bits per heavy atom. The molecule has 9 rings (SSSR count). The van der Waals surface area contributed by atoms with Crippen molar-refractivity contribution >= 4 is 28.6 Å². The van der Waals surface area contributed by atoms with Crippen LogP contribution in [0.2, 0.25) is 0 Å². The van der Waals surface area contributed by atoms with Crippen LogP contribution in [0.4, 0.5) is 5.69 Å². The van der Waals surface area contributed by atoms with E-state index < -0.39 is 0 Å². The number of carbonyl (C=O) groups excluding carboxylic acids is 1. The summed E-state index contributed by atoms with van der Waals surface area (Å²) < 4.78 is 28.4. The maximum absolute atomic E-state index is 11.7. The molecule has 12 nitrogen and oxygen atoms in total. The molecule has 0 bridgehead atoms. The molecule has 7 aliphatic rings. The number of nitrogens with zero attached hydrogens (tertiary/aromatic N) is 4. The number of hydrogen-bond acceptors (Lipinski definition) is 11. The van der Waals surface area contributed by atoms with Crippen LogP contribution in [0.1, 0.15) is 101 Å². The topological polar surface area (TPSA) is 142 Å². The molecule has 0 atom stereocenters. The van der Waals surface area contributed by atoms with Crippen LogP contribution in [0.15, 0.2) is 46.7 Å². The number of anilines is 1. The molecule has 1 aromatic heterocycles. The summed E-state index contributed by atoms with van der Waals surface area (Å²) in [6.07, 6.45) is 12.7. The van der Waals surface area contributed by atoms with E-state index in [9.17, 15) is 4.79 Å². The van der Waals surface area contributed by atoms with Crippen molar-refractivity contribution in [1.29, 1.82) is 0 Å². The molecule has 1 spiro atoms. The molecule has 312 valence electrons. The minimum Gasteiger partial charge on any atom is -0.488 e. The quantitative estimate of drug-likeness (QED) is 0.250. The number of carbonyl (C=O) groups is 1. The highest BCUT2D eigenvalue weighted by molar-refractivity contribution is 6.15. The monoisotopic (exact) mass is 794 g/mol. The highest BCUT2D eigenvalue weighted by Crippen LogP contribution is 2.52. The first-order chi connectivity index (χ1) is 27.7. The first kappa shape index (κ1) is 42.0. The fourth-order valence-corrected chi connectivity index (χ4v) is 6.64. The van der Waals surface area contributed by atoms with Crippen molar-refractivity contribution in [2.75, 3.05) is 58.9 Å². The third-order valence-corrected chi connectivity index (χ3v) is 11.2. The lowest BCUT2D eigenvalue weighted by atomic mass is 9.95. The van der Waals surface area contributed by atoms with E-state index in [0.717, 1.165) is 85.4 Å². The molecule has 4 aliphatic carbocycles. The van der Waals surface area contributed by atoms with Gasteiger partial charge >= 0.3 is 0 Å².